The molecule has 0 saturated heterocycles. The minimum atomic E-state index is -1.13. The number of aliphatic carboxylic acids is 1. The van der Waals surface area contributed by atoms with Gasteiger partial charge in [0.2, 0.25) is 0 Å². The summed E-state index contributed by atoms with van der Waals surface area (Å²) in [5.74, 6) is -1.74. The Morgan fingerprint density at radius 3 is 2.56 bits per heavy atom. The lowest BCUT2D eigenvalue weighted by atomic mass is 10.2. The number of nitrogens with one attached hydrogen (secondary N) is 1. The quantitative estimate of drug-likeness (QED) is 0.811. The predicted molar refractivity (Wildman–Crippen MR) is 58.8 cm³/mol. The second-order valence-electron chi connectivity index (χ2n) is 3.01. The Labute approximate surface area is 101 Å². The third kappa shape index (κ3) is 3.08. The summed E-state index contributed by atoms with van der Waals surface area (Å²) in [4.78, 5) is 25.7. The zero-order chi connectivity index (χ0) is 12.3. The molecule has 1 heterocycles. The molecule has 5 nitrogen and oxygen atoms in total. The molecular formula is C9H8Cl2N2O3. The highest BCUT2D eigenvalue weighted by Crippen LogP contribution is 2.16. The van der Waals surface area contributed by atoms with Crippen molar-refractivity contribution in [1.29, 1.82) is 0 Å². The monoisotopic (exact) mass is 262 g/mol. The first-order valence-electron chi connectivity index (χ1n) is 4.27. The maximum atomic E-state index is 11.5. The van der Waals surface area contributed by atoms with Gasteiger partial charge in [-0.15, -0.1) is 0 Å². The van der Waals surface area contributed by atoms with Crippen molar-refractivity contribution in [2.24, 2.45) is 0 Å². The van der Waals surface area contributed by atoms with Gasteiger partial charge >= 0.3 is 5.97 Å². The first-order chi connectivity index (χ1) is 7.41. The number of carboxylic acid groups (broad SMARTS) is 1. The number of rotatable bonds is 3. The largest absolute Gasteiger partial charge is 0.480 e. The summed E-state index contributed by atoms with van der Waals surface area (Å²) < 4.78 is 0. The summed E-state index contributed by atoms with van der Waals surface area (Å²) in [5.41, 5.74) is 0.0826. The lowest BCUT2D eigenvalue weighted by Gasteiger charge is -2.09. The Morgan fingerprint density at radius 1 is 1.44 bits per heavy atom. The fraction of sp³-hybridized carbons (Fsp3) is 0.222. The van der Waals surface area contributed by atoms with Gasteiger partial charge in [0.05, 0.1) is 5.56 Å². The maximum absolute atomic E-state index is 11.5. The predicted octanol–water partition coefficient (Wildman–Crippen LogP) is 1.59. The van der Waals surface area contributed by atoms with Crippen LogP contribution in [-0.4, -0.2) is 28.0 Å². The summed E-state index contributed by atoms with van der Waals surface area (Å²) in [6.45, 7) is 1.34. The molecule has 0 bridgehead atoms. The topological polar surface area (TPSA) is 79.3 Å². The maximum Gasteiger partial charge on any atom is 0.325 e. The van der Waals surface area contributed by atoms with Gasteiger partial charge < -0.3 is 10.4 Å². The van der Waals surface area contributed by atoms with E-state index in [2.05, 4.69) is 10.3 Å². The molecule has 7 heteroatoms. The Balaban J connectivity index is 2.85. The van der Waals surface area contributed by atoms with Crippen LogP contribution in [-0.2, 0) is 4.79 Å². The van der Waals surface area contributed by atoms with E-state index >= 15 is 0 Å². The molecule has 2 N–H and O–H groups in total. The molecule has 86 valence electrons. The summed E-state index contributed by atoms with van der Waals surface area (Å²) in [6, 6.07) is 1.77. The van der Waals surface area contributed by atoms with Crippen LogP contribution in [0.25, 0.3) is 0 Å². The Morgan fingerprint density at radius 2 is 2.06 bits per heavy atom. The molecule has 0 aliphatic carbocycles. The first-order valence-corrected chi connectivity index (χ1v) is 5.03. The number of amides is 1. The van der Waals surface area contributed by atoms with Crippen molar-refractivity contribution in [2.45, 2.75) is 13.0 Å². The zero-order valence-corrected chi connectivity index (χ0v) is 9.71. The van der Waals surface area contributed by atoms with E-state index in [4.69, 9.17) is 28.3 Å². The Kier molecular flexibility index (Phi) is 4.09. The van der Waals surface area contributed by atoms with E-state index in [0.29, 0.717) is 0 Å². The highest BCUT2D eigenvalue weighted by Gasteiger charge is 2.17. The molecule has 0 spiro atoms. The van der Waals surface area contributed by atoms with Gasteiger partial charge in [-0.25, -0.2) is 4.98 Å². The van der Waals surface area contributed by atoms with Crippen LogP contribution in [0.15, 0.2) is 12.1 Å². The molecule has 1 rings (SSSR count). The van der Waals surface area contributed by atoms with E-state index in [9.17, 15) is 9.59 Å². The highest BCUT2D eigenvalue weighted by atomic mass is 35.5. The zero-order valence-electron chi connectivity index (χ0n) is 8.20. The highest BCUT2D eigenvalue weighted by molar-refractivity contribution is 6.34. The van der Waals surface area contributed by atoms with Crippen LogP contribution in [0, 0.1) is 0 Å². The third-order valence-electron chi connectivity index (χ3n) is 1.78. The van der Waals surface area contributed by atoms with Gasteiger partial charge in [0.25, 0.3) is 5.91 Å². The minimum absolute atomic E-state index is 0.0670. The van der Waals surface area contributed by atoms with Gasteiger partial charge in [-0.1, -0.05) is 23.2 Å². The van der Waals surface area contributed by atoms with Gasteiger partial charge in [0.1, 0.15) is 16.3 Å². The van der Waals surface area contributed by atoms with Crippen molar-refractivity contribution >= 4 is 35.1 Å². The van der Waals surface area contributed by atoms with Gasteiger partial charge in [0.15, 0.2) is 0 Å². The Hall–Kier alpha value is -1.33. The number of nitrogens with zero attached hydrogens (tertiary/aromatic N) is 1. The number of hydrogen-bond acceptors (Lipinski definition) is 3. The summed E-state index contributed by atoms with van der Waals surface area (Å²) in [7, 11) is 0. The SMILES string of the molecule is C[C@@H](NC(=O)c1ccc(Cl)nc1Cl)C(=O)O. The van der Waals surface area contributed by atoms with Crippen LogP contribution < -0.4 is 5.32 Å². The van der Waals surface area contributed by atoms with Crippen molar-refractivity contribution in [2.75, 3.05) is 0 Å². The lowest BCUT2D eigenvalue weighted by molar-refractivity contribution is -0.138. The van der Waals surface area contributed by atoms with Crippen molar-refractivity contribution in [3.63, 3.8) is 0 Å². The van der Waals surface area contributed by atoms with Crippen molar-refractivity contribution in [3.05, 3.63) is 28.0 Å². The van der Waals surface area contributed by atoms with Crippen LogP contribution in [0.2, 0.25) is 10.3 Å². The van der Waals surface area contributed by atoms with Gasteiger partial charge in [-0.3, -0.25) is 9.59 Å². The van der Waals surface area contributed by atoms with Crippen LogP contribution in [0.1, 0.15) is 17.3 Å². The van der Waals surface area contributed by atoms with E-state index in [-0.39, 0.29) is 15.9 Å². The van der Waals surface area contributed by atoms with E-state index in [0.717, 1.165) is 0 Å². The molecule has 0 aliphatic rings. The molecule has 0 aromatic carbocycles. The molecule has 0 saturated carbocycles. The number of hydrogen-bond donors (Lipinski definition) is 2. The molecule has 1 aromatic heterocycles. The molecule has 0 fully saturated rings. The van der Waals surface area contributed by atoms with Crippen LogP contribution in [0.3, 0.4) is 0 Å². The van der Waals surface area contributed by atoms with Crippen LogP contribution >= 0.6 is 23.2 Å². The molecular weight excluding hydrogens is 255 g/mol. The summed E-state index contributed by atoms with van der Waals surface area (Å²) in [5, 5.41) is 10.9. The van der Waals surface area contributed by atoms with E-state index in [1.54, 1.807) is 0 Å². The van der Waals surface area contributed by atoms with Gasteiger partial charge in [0, 0.05) is 0 Å². The standard InChI is InChI=1S/C9H8Cl2N2O3/c1-4(9(15)16)12-8(14)5-2-3-6(10)13-7(5)11/h2-4H,1H3,(H,12,14)(H,15,16)/t4-/m1/s1. The van der Waals surface area contributed by atoms with Crippen molar-refractivity contribution in [3.8, 4) is 0 Å². The van der Waals surface area contributed by atoms with Crippen LogP contribution in [0.4, 0.5) is 0 Å². The number of carboxylic acids is 1. The normalized spacial score (nSPS) is 11.9. The van der Waals surface area contributed by atoms with Crippen molar-refractivity contribution in [1.82, 2.24) is 10.3 Å². The van der Waals surface area contributed by atoms with E-state index in [1.807, 2.05) is 0 Å². The summed E-state index contributed by atoms with van der Waals surface area (Å²) in [6.07, 6.45) is 0. The second-order valence-corrected chi connectivity index (χ2v) is 3.75. The van der Waals surface area contributed by atoms with Crippen LogP contribution in [0.5, 0.6) is 0 Å². The second kappa shape index (κ2) is 5.14. The lowest BCUT2D eigenvalue weighted by Crippen LogP contribution is -2.38. The fourth-order valence-corrected chi connectivity index (χ4v) is 1.35. The molecule has 1 amide bonds. The number of aromatic nitrogens is 1. The molecule has 0 unspecified atom stereocenters. The molecule has 1 atom stereocenters. The van der Waals surface area contributed by atoms with E-state index in [1.165, 1.54) is 19.1 Å². The molecule has 1 aromatic rings. The number of carbonyl (C=O) groups excluding carboxylic acids is 1. The minimum Gasteiger partial charge on any atom is -0.480 e. The van der Waals surface area contributed by atoms with Gasteiger partial charge in [-0.05, 0) is 19.1 Å². The first kappa shape index (κ1) is 12.7. The molecule has 16 heavy (non-hydrogen) atoms. The average Bonchev–Trinajstić information content (AvgIpc) is 2.16. The smallest absolute Gasteiger partial charge is 0.325 e. The number of carbonyl (C=O) groups is 2. The molecule has 0 aliphatic heterocycles. The van der Waals surface area contributed by atoms with E-state index < -0.39 is 17.9 Å². The fourth-order valence-electron chi connectivity index (χ4n) is 0.918. The molecule has 0 radical (unpaired) electrons. The summed E-state index contributed by atoms with van der Waals surface area (Å²) >= 11 is 11.2. The number of pyridine rings is 1. The van der Waals surface area contributed by atoms with Gasteiger partial charge in [-0.2, -0.15) is 0 Å². The third-order valence-corrected chi connectivity index (χ3v) is 2.28. The Bertz CT molecular complexity index is 437. The number of halogens is 2. The van der Waals surface area contributed by atoms with Crippen molar-refractivity contribution < 1.29 is 14.7 Å². The average molecular weight is 263 g/mol.